The number of hydrogen-bond donors (Lipinski definition) is 3. The Kier molecular flexibility index (Phi) is 6.45. The summed E-state index contributed by atoms with van der Waals surface area (Å²) in [6.45, 7) is 0. The first-order chi connectivity index (χ1) is 14.6. The van der Waals surface area contributed by atoms with Gasteiger partial charge in [-0.25, -0.2) is 4.79 Å². The van der Waals surface area contributed by atoms with Crippen molar-refractivity contribution in [3.05, 3.63) is 54.6 Å². The first-order valence-corrected chi connectivity index (χ1v) is 11.1. The number of benzene rings is 2. The van der Waals surface area contributed by atoms with Crippen LogP contribution in [0.3, 0.4) is 0 Å². The molecule has 0 radical (unpaired) electrons. The third-order valence-electron chi connectivity index (χ3n) is 3.98. The third kappa shape index (κ3) is 6.19. The molecule has 2 aromatic carbocycles. The van der Waals surface area contributed by atoms with E-state index in [1.807, 2.05) is 54.6 Å². The van der Waals surface area contributed by atoms with Gasteiger partial charge in [-0.05, 0) is 49.2 Å². The Morgan fingerprint density at radius 2 is 1.77 bits per heavy atom. The molecule has 8 nitrogen and oxygen atoms in total. The molecule has 3 N–H and O–H groups in total. The topological polar surface area (TPSA) is 105 Å². The fourth-order valence-electron chi connectivity index (χ4n) is 2.41. The molecule has 1 heterocycles. The lowest BCUT2D eigenvalue weighted by atomic mass is 10.3. The Balaban J connectivity index is 1.23. The van der Waals surface area contributed by atoms with Crippen LogP contribution in [0.15, 0.2) is 58.9 Å². The molecular weight excluding hydrogens is 422 g/mol. The maximum Gasteiger partial charge on any atom is 0.321 e. The molecular formula is C20H19N5O3S2. The van der Waals surface area contributed by atoms with Crippen molar-refractivity contribution < 1.29 is 14.3 Å². The van der Waals surface area contributed by atoms with E-state index in [0.717, 1.165) is 30.0 Å². The van der Waals surface area contributed by atoms with Crippen LogP contribution in [0.1, 0.15) is 12.8 Å². The van der Waals surface area contributed by atoms with Gasteiger partial charge in [0.1, 0.15) is 11.5 Å². The number of hydrogen-bond acceptors (Lipinski definition) is 8. The number of rotatable bonds is 8. The molecule has 10 heteroatoms. The molecule has 0 spiro atoms. The summed E-state index contributed by atoms with van der Waals surface area (Å²) < 4.78 is 6.41. The van der Waals surface area contributed by atoms with Crippen molar-refractivity contribution in [1.82, 2.24) is 20.8 Å². The van der Waals surface area contributed by atoms with E-state index in [9.17, 15) is 9.59 Å². The summed E-state index contributed by atoms with van der Waals surface area (Å²) in [5, 5.41) is 16.9. The largest absolute Gasteiger partial charge is 0.457 e. The number of ether oxygens (including phenoxy) is 1. The Hall–Kier alpha value is -3.11. The van der Waals surface area contributed by atoms with Gasteiger partial charge in [0, 0.05) is 11.7 Å². The molecule has 3 amide bonds. The van der Waals surface area contributed by atoms with Crippen LogP contribution in [0.2, 0.25) is 0 Å². The van der Waals surface area contributed by atoms with E-state index in [1.165, 1.54) is 23.1 Å². The quantitative estimate of drug-likeness (QED) is 0.451. The Bertz CT molecular complexity index is 1010. The van der Waals surface area contributed by atoms with Crippen LogP contribution < -0.4 is 20.7 Å². The van der Waals surface area contributed by atoms with Crippen molar-refractivity contribution in [2.75, 3.05) is 11.1 Å². The van der Waals surface area contributed by atoms with Crippen LogP contribution in [-0.4, -0.2) is 33.9 Å². The molecule has 30 heavy (non-hydrogen) atoms. The first-order valence-electron chi connectivity index (χ1n) is 9.31. The summed E-state index contributed by atoms with van der Waals surface area (Å²) >= 11 is 2.57. The highest BCUT2D eigenvalue weighted by Crippen LogP contribution is 2.29. The van der Waals surface area contributed by atoms with Gasteiger partial charge in [-0.3, -0.25) is 10.1 Å². The minimum Gasteiger partial charge on any atom is -0.457 e. The molecule has 1 saturated carbocycles. The number of carbonyl (C=O) groups is 2. The van der Waals surface area contributed by atoms with Crippen molar-refractivity contribution in [3.8, 4) is 11.5 Å². The molecule has 1 aliphatic rings. The zero-order valence-corrected chi connectivity index (χ0v) is 17.5. The lowest BCUT2D eigenvalue weighted by Crippen LogP contribution is -2.41. The normalized spacial score (nSPS) is 12.8. The van der Waals surface area contributed by atoms with Crippen LogP contribution >= 0.6 is 23.1 Å². The first kappa shape index (κ1) is 20.2. The van der Waals surface area contributed by atoms with E-state index in [2.05, 4.69) is 26.1 Å². The molecule has 1 fully saturated rings. The Labute approximate surface area is 181 Å². The number of nitrogens with zero attached hydrogens (tertiary/aromatic N) is 2. The van der Waals surface area contributed by atoms with Crippen LogP contribution in [0.5, 0.6) is 11.5 Å². The van der Waals surface area contributed by atoms with Gasteiger partial charge < -0.3 is 15.4 Å². The van der Waals surface area contributed by atoms with Gasteiger partial charge in [-0.2, -0.15) is 0 Å². The smallest absolute Gasteiger partial charge is 0.321 e. The summed E-state index contributed by atoms with van der Waals surface area (Å²) in [7, 11) is 0. The molecule has 1 aromatic heterocycles. The SMILES string of the molecule is O=C(CSc1nnc(Nc2ccc(Oc3ccccc3)cc2)s1)NC(=O)NC1CC1. The number of urea groups is 1. The number of carbonyl (C=O) groups excluding carboxylic acids is 2. The predicted octanol–water partition coefficient (Wildman–Crippen LogP) is 4.15. The van der Waals surface area contributed by atoms with Gasteiger partial charge in [0.15, 0.2) is 4.34 Å². The summed E-state index contributed by atoms with van der Waals surface area (Å²) in [6, 6.07) is 16.8. The van der Waals surface area contributed by atoms with E-state index in [0.29, 0.717) is 9.47 Å². The minimum atomic E-state index is -0.442. The number of aromatic nitrogens is 2. The average molecular weight is 442 g/mol. The fourth-order valence-corrected chi connectivity index (χ4v) is 3.98. The van der Waals surface area contributed by atoms with Crippen molar-refractivity contribution >= 4 is 45.9 Å². The Morgan fingerprint density at radius 3 is 2.50 bits per heavy atom. The number of amides is 3. The predicted molar refractivity (Wildman–Crippen MR) is 117 cm³/mol. The zero-order valence-electron chi connectivity index (χ0n) is 15.8. The van der Waals surface area contributed by atoms with Gasteiger partial charge in [0.25, 0.3) is 0 Å². The summed E-state index contributed by atoms with van der Waals surface area (Å²) in [6.07, 6.45) is 1.94. The van der Waals surface area contributed by atoms with Crippen LogP contribution in [0, 0.1) is 0 Å². The molecule has 4 rings (SSSR count). The lowest BCUT2D eigenvalue weighted by molar-refractivity contribution is -0.117. The maximum absolute atomic E-state index is 11.8. The zero-order chi connectivity index (χ0) is 20.8. The number of para-hydroxylation sites is 1. The third-order valence-corrected chi connectivity index (χ3v) is 5.96. The minimum absolute atomic E-state index is 0.0955. The van der Waals surface area contributed by atoms with Gasteiger partial charge in [0.2, 0.25) is 11.0 Å². The standard InChI is InChI=1S/C20H19N5O3S2/c26-17(23-18(27)21-13-6-7-13)12-29-20-25-24-19(30-20)22-14-8-10-16(11-9-14)28-15-4-2-1-3-5-15/h1-5,8-11,13H,6-7,12H2,(H,22,24)(H2,21,23,26,27). The van der Waals surface area contributed by atoms with Crippen molar-refractivity contribution in [1.29, 1.82) is 0 Å². The Morgan fingerprint density at radius 1 is 1.03 bits per heavy atom. The number of nitrogens with one attached hydrogen (secondary N) is 3. The summed E-state index contributed by atoms with van der Waals surface area (Å²) in [5.41, 5.74) is 0.845. The van der Waals surface area contributed by atoms with Gasteiger partial charge >= 0.3 is 6.03 Å². The molecule has 0 bridgehead atoms. The van der Waals surface area contributed by atoms with Gasteiger partial charge in [-0.1, -0.05) is 41.3 Å². The van der Waals surface area contributed by atoms with E-state index in [1.54, 1.807) is 0 Å². The second-order valence-corrected chi connectivity index (χ2v) is 8.72. The molecule has 0 unspecified atom stereocenters. The number of imide groups is 1. The number of anilines is 2. The molecule has 154 valence electrons. The number of thioether (sulfide) groups is 1. The highest BCUT2D eigenvalue weighted by Gasteiger charge is 2.23. The highest BCUT2D eigenvalue weighted by molar-refractivity contribution is 8.01. The van der Waals surface area contributed by atoms with E-state index in [4.69, 9.17) is 4.74 Å². The van der Waals surface area contributed by atoms with Crippen LogP contribution in [0.25, 0.3) is 0 Å². The summed E-state index contributed by atoms with van der Waals surface area (Å²) in [4.78, 5) is 23.4. The molecule has 0 atom stereocenters. The van der Waals surface area contributed by atoms with E-state index < -0.39 is 6.03 Å². The monoisotopic (exact) mass is 441 g/mol. The fraction of sp³-hybridized carbons (Fsp3) is 0.200. The molecule has 1 aliphatic carbocycles. The summed E-state index contributed by atoms with van der Waals surface area (Å²) in [5.74, 6) is 1.24. The van der Waals surface area contributed by atoms with Crippen molar-refractivity contribution in [3.63, 3.8) is 0 Å². The molecule has 0 saturated heterocycles. The van der Waals surface area contributed by atoms with Crippen molar-refractivity contribution in [2.24, 2.45) is 0 Å². The second kappa shape index (κ2) is 9.59. The van der Waals surface area contributed by atoms with Gasteiger partial charge in [0.05, 0.1) is 5.75 Å². The van der Waals surface area contributed by atoms with E-state index >= 15 is 0 Å². The highest BCUT2D eigenvalue weighted by atomic mass is 32.2. The maximum atomic E-state index is 11.8. The lowest BCUT2D eigenvalue weighted by Gasteiger charge is -2.06. The molecule has 0 aliphatic heterocycles. The van der Waals surface area contributed by atoms with Crippen molar-refractivity contribution in [2.45, 2.75) is 23.2 Å². The van der Waals surface area contributed by atoms with Crippen LogP contribution in [-0.2, 0) is 4.79 Å². The van der Waals surface area contributed by atoms with E-state index in [-0.39, 0.29) is 17.7 Å². The second-order valence-electron chi connectivity index (χ2n) is 6.52. The van der Waals surface area contributed by atoms with Crippen LogP contribution in [0.4, 0.5) is 15.6 Å². The average Bonchev–Trinajstić information content (AvgIpc) is 3.44. The molecule has 3 aromatic rings. The van der Waals surface area contributed by atoms with Gasteiger partial charge in [-0.15, -0.1) is 10.2 Å².